The van der Waals surface area contributed by atoms with E-state index in [9.17, 15) is 9.18 Å². The third kappa shape index (κ3) is 4.20. The number of amides is 1. The summed E-state index contributed by atoms with van der Waals surface area (Å²) >= 11 is 0. The molecule has 5 heteroatoms. The Kier molecular flexibility index (Phi) is 5.51. The lowest BCUT2D eigenvalue weighted by Gasteiger charge is -2.36. The molecule has 0 heterocycles. The van der Waals surface area contributed by atoms with Crippen LogP contribution in [0.4, 0.5) is 10.1 Å². The molecule has 0 fully saturated rings. The highest BCUT2D eigenvalue weighted by Crippen LogP contribution is 2.18. The fourth-order valence-electron chi connectivity index (χ4n) is 2.25. The van der Waals surface area contributed by atoms with Crippen LogP contribution < -0.4 is 16.0 Å². The number of hydrogen-bond acceptors (Lipinski definition) is 3. The van der Waals surface area contributed by atoms with Crippen LogP contribution in [0.15, 0.2) is 24.3 Å². The normalized spacial score (nSPS) is 14.1. The van der Waals surface area contributed by atoms with E-state index in [0.29, 0.717) is 13.1 Å². The SMILES string of the molecule is CCN(CC(C)(NC(C)C)C(N)=O)c1ccc(F)cc1. The number of nitrogens with one attached hydrogen (secondary N) is 1. The Hall–Kier alpha value is -1.62. The molecule has 3 N–H and O–H groups in total. The lowest BCUT2D eigenvalue weighted by atomic mass is 9.99. The summed E-state index contributed by atoms with van der Waals surface area (Å²) in [6.07, 6.45) is 0. The van der Waals surface area contributed by atoms with E-state index in [2.05, 4.69) is 5.32 Å². The topological polar surface area (TPSA) is 58.4 Å². The molecular formula is C15H24FN3O. The van der Waals surface area contributed by atoms with E-state index in [-0.39, 0.29) is 11.9 Å². The number of nitrogens with two attached hydrogens (primary N) is 1. The molecule has 20 heavy (non-hydrogen) atoms. The molecule has 112 valence electrons. The van der Waals surface area contributed by atoms with Crippen molar-refractivity contribution in [3.8, 4) is 0 Å². The Morgan fingerprint density at radius 2 is 1.95 bits per heavy atom. The molecular weight excluding hydrogens is 257 g/mol. The molecule has 0 spiro atoms. The van der Waals surface area contributed by atoms with E-state index in [1.54, 1.807) is 19.1 Å². The summed E-state index contributed by atoms with van der Waals surface area (Å²) in [6.45, 7) is 8.85. The molecule has 0 saturated heterocycles. The van der Waals surface area contributed by atoms with E-state index in [1.807, 2.05) is 25.7 Å². The van der Waals surface area contributed by atoms with E-state index in [1.165, 1.54) is 12.1 Å². The molecule has 0 aliphatic heterocycles. The van der Waals surface area contributed by atoms with Gasteiger partial charge in [0, 0.05) is 24.8 Å². The van der Waals surface area contributed by atoms with E-state index in [4.69, 9.17) is 5.73 Å². The quantitative estimate of drug-likeness (QED) is 0.802. The maximum atomic E-state index is 13.0. The average molecular weight is 281 g/mol. The summed E-state index contributed by atoms with van der Waals surface area (Å²) in [5.41, 5.74) is 5.57. The maximum Gasteiger partial charge on any atom is 0.239 e. The summed E-state index contributed by atoms with van der Waals surface area (Å²) in [6, 6.07) is 6.37. The minimum absolute atomic E-state index is 0.138. The summed E-state index contributed by atoms with van der Waals surface area (Å²) in [4.78, 5) is 13.8. The van der Waals surface area contributed by atoms with Gasteiger partial charge in [0.05, 0.1) is 0 Å². The lowest BCUT2D eigenvalue weighted by Crippen LogP contribution is -2.61. The van der Waals surface area contributed by atoms with Crippen LogP contribution in [-0.2, 0) is 4.79 Å². The van der Waals surface area contributed by atoms with Gasteiger partial charge in [0.2, 0.25) is 5.91 Å². The number of nitrogens with zero attached hydrogens (tertiary/aromatic N) is 1. The molecule has 0 saturated carbocycles. The molecule has 1 amide bonds. The van der Waals surface area contributed by atoms with E-state index < -0.39 is 11.4 Å². The molecule has 1 rings (SSSR count). The number of benzene rings is 1. The molecule has 0 aliphatic rings. The van der Waals surface area contributed by atoms with Gasteiger partial charge in [0.15, 0.2) is 0 Å². The highest BCUT2D eigenvalue weighted by atomic mass is 19.1. The van der Waals surface area contributed by atoms with E-state index in [0.717, 1.165) is 5.69 Å². The molecule has 0 bridgehead atoms. The molecule has 4 nitrogen and oxygen atoms in total. The summed E-state index contributed by atoms with van der Waals surface area (Å²) < 4.78 is 13.0. The highest BCUT2D eigenvalue weighted by molar-refractivity contribution is 5.85. The standard InChI is InChI=1S/C15H24FN3O/c1-5-19(13-8-6-12(16)7-9-13)10-15(4,14(17)20)18-11(2)3/h6-9,11,18H,5,10H2,1-4H3,(H2,17,20). The van der Waals surface area contributed by atoms with Gasteiger partial charge in [-0.05, 0) is 52.0 Å². The Bertz CT molecular complexity index is 447. The van der Waals surface area contributed by atoms with Crippen LogP contribution in [0.3, 0.4) is 0 Å². The molecule has 1 atom stereocenters. The molecule has 0 radical (unpaired) electrons. The summed E-state index contributed by atoms with van der Waals surface area (Å²) in [5.74, 6) is -0.672. The van der Waals surface area contributed by atoms with Gasteiger partial charge in [-0.15, -0.1) is 0 Å². The fourth-order valence-corrected chi connectivity index (χ4v) is 2.25. The molecule has 0 aliphatic carbocycles. The number of halogens is 1. The van der Waals surface area contributed by atoms with Crippen LogP contribution in [0.25, 0.3) is 0 Å². The van der Waals surface area contributed by atoms with Gasteiger partial charge >= 0.3 is 0 Å². The molecule has 1 unspecified atom stereocenters. The van der Waals surface area contributed by atoms with Crippen molar-refractivity contribution < 1.29 is 9.18 Å². The number of likely N-dealkylation sites (N-methyl/N-ethyl adjacent to an activating group) is 1. The Morgan fingerprint density at radius 3 is 2.35 bits per heavy atom. The van der Waals surface area contributed by atoms with Crippen LogP contribution in [-0.4, -0.2) is 30.6 Å². The van der Waals surface area contributed by atoms with Crippen molar-refractivity contribution >= 4 is 11.6 Å². The minimum atomic E-state index is -0.835. The van der Waals surface area contributed by atoms with Gasteiger partial charge in [0.25, 0.3) is 0 Å². The van der Waals surface area contributed by atoms with Gasteiger partial charge in [0.1, 0.15) is 11.4 Å². The number of rotatable bonds is 7. The number of hydrogen-bond donors (Lipinski definition) is 2. The first-order valence-corrected chi connectivity index (χ1v) is 6.86. The van der Waals surface area contributed by atoms with Gasteiger partial charge in [-0.1, -0.05) is 0 Å². The van der Waals surface area contributed by atoms with E-state index >= 15 is 0 Å². The predicted octanol–water partition coefficient (Wildman–Crippen LogP) is 1.89. The Morgan fingerprint density at radius 1 is 1.40 bits per heavy atom. The third-order valence-corrected chi connectivity index (χ3v) is 3.23. The first-order valence-electron chi connectivity index (χ1n) is 6.86. The van der Waals surface area contributed by atoms with Crippen molar-refractivity contribution in [3.05, 3.63) is 30.1 Å². The first kappa shape index (κ1) is 16.4. The first-order chi connectivity index (χ1) is 9.28. The number of carbonyl (C=O) groups excluding carboxylic acids is 1. The van der Waals surface area contributed by atoms with Crippen LogP contribution in [0.2, 0.25) is 0 Å². The van der Waals surface area contributed by atoms with Crippen LogP contribution in [0, 0.1) is 5.82 Å². The minimum Gasteiger partial charge on any atom is -0.369 e. The van der Waals surface area contributed by atoms with Crippen LogP contribution >= 0.6 is 0 Å². The second-order valence-corrected chi connectivity index (χ2v) is 5.49. The summed E-state index contributed by atoms with van der Waals surface area (Å²) in [5, 5.41) is 3.21. The zero-order chi connectivity index (χ0) is 15.3. The molecule has 0 aromatic heterocycles. The number of anilines is 1. The second kappa shape index (κ2) is 6.70. The predicted molar refractivity (Wildman–Crippen MR) is 80.2 cm³/mol. The number of carbonyl (C=O) groups is 1. The largest absolute Gasteiger partial charge is 0.369 e. The zero-order valence-electron chi connectivity index (χ0n) is 12.6. The average Bonchev–Trinajstić information content (AvgIpc) is 2.36. The van der Waals surface area contributed by atoms with Crippen molar-refractivity contribution in [2.24, 2.45) is 5.73 Å². The van der Waals surface area contributed by atoms with Gasteiger partial charge in [-0.25, -0.2) is 4.39 Å². The van der Waals surface area contributed by atoms with Crippen molar-refractivity contribution in [3.63, 3.8) is 0 Å². The smallest absolute Gasteiger partial charge is 0.239 e. The fraction of sp³-hybridized carbons (Fsp3) is 0.533. The van der Waals surface area contributed by atoms with Crippen molar-refractivity contribution in [1.82, 2.24) is 5.32 Å². The monoisotopic (exact) mass is 281 g/mol. The molecule has 1 aromatic rings. The van der Waals surface area contributed by atoms with Crippen LogP contribution in [0.5, 0.6) is 0 Å². The lowest BCUT2D eigenvalue weighted by molar-refractivity contribution is -0.123. The molecule has 1 aromatic carbocycles. The third-order valence-electron chi connectivity index (χ3n) is 3.23. The Balaban J connectivity index is 2.94. The summed E-state index contributed by atoms with van der Waals surface area (Å²) in [7, 11) is 0. The van der Waals surface area contributed by atoms with Gasteiger partial charge < -0.3 is 10.6 Å². The van der Waals surface area contributed by atoms with Crippen molar-refractivity contribution in [2.75, 3.05) is 18.0 Å². The number of primary amides is 1. The maximum absolute atomic E-state index is 13.0. The zero-order valence-corrected chi connectivity index (χ0v) is 12.6. The van der Waals surface area contributed by atoms with Crippen LogP contribution in [0.1, 0.15) is 27.7 Å². The second-order valence-electron chi connectivity index (χ2n) is 5.49. The Labute approximate surface area is 120 Å². The van der Waals surface area contributed by atoms with Crippen molar-refractivity contribution in [2.45, 2.75) is 39.3 Å². The van der Waals surface area contributed by atoms with Gasteiger partial charge in [-0.3, -0.25) is 10.1 Å². The highest BCUT2D eigenvalue weighted by Gasteiger charge is 2.33. The van der Waals surface area contributed by atoms with Crippen molar-refractivity contribution in [1.29, 1.82) is 0 Å². The van der Waals surface area contributed by atoms with Gasteiger partial charge in [-0.2, -0.15) is 0 Å².